The van der Waals surface area contributed by atoms with Crippen LogP contribution in [0.4, 0.5) is 0 Å². The van der Waals surface area contributed by atoms with E-state index in [4.69, 9.17) is 5.73 Å². The average molecular weight is 187 g/mol. The van der Waals surface area contributed by atoms with Crippen molar-refractivity contribution in [2.75, 3.05) is 6.54 Å². The lowest BCUT2D eigenvalue weighted by Crippen LogP contribution is -1.92. The molecule has 3 nitrogen and oxygen atoms in total. The Balaban J connectivity index is 2.49. The highest BCUT2D eigenvalue weighted by molar-refractivity contribution is 5.78. The number of hydrogen-bond donors (Lipinski definition) is 1. The first-order chi connectivity index (χ1) is 6.81. The maximum Gasteiger partial charge on any atom is 0.0955 e. The molecule has 14 heavy (non-hydrogen) atoms. The highest BCUT2D eigenvalue weighted by Gasteiger charge is 1.98. The normalized spacial score (nSPS) is 11.6. The molecular formula is C11H13N3. The Hall–Kier alpha value is -1.61. The summed E-state index contributed by atoms with van der Waals surface area (Å²) in [6.07, 6.45) is 5.78. The predicted molar refractivity (Wildman–Crippen MR) is 58.8 cm³/mol. The number of rotatable bonds is 2. The van der Waals surface area contributed by atoms with Gasteiger partial charge < -0.3 is 10.3 Å². The van der Waals surface area contributed by atoms with Gasteiger partial charge in [0.15, 0.2) is 0 Å². The van der Waals surface area contributed by atoms with Gasteiger partial charge in [-0.25, -0.2) is 4.98 Å². The van der Waals surface area contributed by atoms with Crippen LogP contribution in [0.15, 0.2) is 30.6 Å². The van der Waals surface area contributed by atoms with E-state index in [0.717, 1.165) is 16.6 Å². The molecule has 0 aliphatic heterocycles. The van der Waals surface area contributed by atoms with Crippen LogP contribution in [-0.2, 0) is 7.05 Å². The number of nitrogens with two attached hydrogens (primary N) is 1. The van der Waals surface area contributed by atoms with E-state index in [1.165, 1.54) is 0 Å². The third-order valence-electron chi connectivity index (χ3n) is 2.20. The zero-order valence-electron chi connectivity index (χ0n) is 8.14. The van der Waals surface area contributed by atoms with Gasteiger partial charge in [0, 0.05) is 13.6 Å². The standard InChI is InChI=1S/C11H13N3/c1-14-8-13-10-5-4-9(3-2-6-12)7-11(10)14/h2-5,7-8H,6,12H2,1H3/b3-2+. The molecule has 0 spiro atoms. The van der Waals surface area contributed by atoms with Crippen molar-refractivity contribution in [2.24, 2.45) is 12.8 Å². The molecule has 2 N–H and O–H groups in total. The summed E-state index contributed by atoms with van der Waals surface area (Å²) in [5.74, 6) is 0. The Morgan fingerprint density at radius 1 is 1.50 bits per heavy atom. The number of aromatic nitrogens is 2. The lowest BCUT2D eigenvalue weighted by molar-refractivity contribution is 0.947. The van der Waals surface area contributed by atoms with E-state index in [1.54, 1.807) is 0 Å². The van der Waals surface area contributed by atoms with Crippen LogP contribution in [0.3, 0.4) is 0 Å². The molecule has 0 bridgehead atoms. The van der Waals surface area contributed by atoms with Crippen LogP contribution >= 0.6 is 0 Å². The molecule has 1 heterocycles. The van der Waals surface area contributed by atoms with Crippen molar-refractivity contribution in [2.45, 2.75) is 0 Å². The minimum atomic E-state index is 0.573. The molecule has 0 fully saturated rings. The van der Waals surface area contributed by atoms with Gasteiger partial charge in [0.1, 0.15) is 0 Å². The lowest BCUT2D eigenvalue weighted by Gasteiger charge is -1.96. The summed E-state index contributed by atoms with van der Waals surface area (Å²) in [4.78, 5) is 4.25. The maximum absolute atomic E-state index is 5.39. The molecule has 0 saturated heterocycles. The number of fused-ring (bicyclic) bond motifs is 1. The van der Waals surface area contributed by atoms with Gasteiger partial charge in [-0.15, -0.1) is 0 Å². The Bertz CT molecular complexity index is 468. The minimum Gasteiger partial charge on any atom is -0.334 e. The zero-order chi connectivity index (χ0) is 9.97. The second-order valence-corrected chi connectivity index (χ2v) is 3.24. The summed E-state index contributed by atoms with van der Waals surface area (Å²) < 4.78 is 2.01. The van der Waals surface area contributed by atoms with Gasteiger partial charge in [0.2, 0.25) is 0 Å². The number of nitrogens with zero attached hydrogens (tertiary/aromatic N) is 2. The highest BCUT2D eigenvalue weighted by atomic mass is 15.0. The molecule has 72 valence electrons. The minimum absolute atomic E-state index is 0.573. The third-order valence-corrected chi connectivity index (χ3v) is 2.20. The first-order valence-corrected chi connectivity index (χ1v) is 4.59. The van der Waals surface area contributed by atoms with Crippen molar-refractivity contribution in [1.82, 2.24) is 9.55 Å². The van der Waals surface area contributed by atoms with Crippen LogP contribution in [-0.4, -0.2) is 16.1 Å². The van der Waals surface area contributed by atoms with E-state index in [9.17, 15) is 0 Å². The molecule has 0 atom stereocenters. The summed E-state index contributed by atoms with van der Waals surface area (Å²) in [6.45, 7) is 0.573. The van der Waals surface area contributed by atoms with E-state index >= 15 is 0 Å². The van der Waals surface area contributed by atoms with Gasteiger partial charge in [0.05, 0.1) is 17.4 Å². The maximum atomic E-state index is 5.39. The van der Waals surface area contributed by atoms with Gasteiger partial charge in [-0.2, -0.15) is 0 Å². The average Bonchev–Trinajstić information content (AvgIpc) is 2.57. The molecule has 0 amide bonds. The number of aryl methyl sites for hydroxylation is 1. The van der Waals surface area contributed by atoms with Crippen LogP contribution in [0.5, 0.6) is 0 Å². The second kappa shape index (κ2) is 3.64. The fourth-order valence-corrected chi connectivity index (χ4v) is 1.45. The molecule has 0 aliphatic rings. The first-order valence-electron chi connectivity index (χ1n) is 4.59. The van der Waals surface area contributed by atoms with E-state index < -0.39 is 0 Å². The van der Waals surface area contributed by atoms with Crippen LogP contribution in [0, 0.1) is 0 Å². The smallest absolute Gasteiger partial charge is 0.0955 e. The third kappa shape index (κ3) is 1.54. The molecule has 1 aromatic heterocycles. The van der Waals surface area contributed by atoms with E-state index in [2.05, 4.69) is 11.1 Å². The molecule has 2 aromatic rings. The summed E-state index contributed by atoms with van der Waals surface area (Å²) in [6, 6.07) is 6.17. The predicted octanol–water partition coefficient (Wildman–Crippen LogP) is 1.55. The van der Waals surface area contributed by atoms with Gasteiger partial charge in [-0.3, -0.25) is 0 Å². The topological polar surface area (TPSA) is 43.8 Å². The Labute approximate surface area is 82.9 Å². The Morgan fingerprint density at radius 3 is 3.14 bits per heavy atom. The summed E-state index contributed by atoms with van der Waals surface area (Å²) >= 11 is 0. The van der Waals surface area contributed by atoms with Crippen molar-refractivity contribution in [3.05, 3.63) is 36.2 Å². The second-order valence-electron chi connectivity index (χ2n) is 3.24. The fourth-order valence-electron chi connectivity index (χ4n) is 1.45. The first kappa shape index (κ1) is 8.97. The lowest BCUT2D eigenvalue weighted by atomic mass is 10.2. The van der Waals surface area contributed by atoms with Crippen LogP contribution < -0.4 is 5.73 Å². The van der Waals surface area contributed by atoms with Crippen molar-refractivity contribution < 1.29 is 0 Å². The van der Waals surface area contributed by atoms with Crippen LogP contribution in [0.1, 0.15) is 5.56 Å². The van der Waals surface area contributed by atoms with Crippen LogP contribution in [0.2, 0.25) is 0 Å². The largest absolute Gasteiger partial charge is 0.334 e. The fraction of sp³-hybridized carbons (Fsp3) is 0.182. The highest BCUT2D eigenvalue weighted by Crippen LogP contribution is 2.14. The molecule has 0 unspecified atom stereocenters. The van der Waals surface area contributed by atoms with E-state index in [0.29, 0.717) is 6.54 Å². The molecule has 1 aromatic carbocycles. The molecule has 3 heteroatoms. The van der Waals surface area contributed by atoms with Gasteiger partial charge >= 0.3 is 0 Å². The van der Waals surface area contributed by atoms with Crippen molar-refractivity contribution in [3.63, 3.8) is 0 Å². The summed E-state index contributed by atoms with van der Waals surface area (Å²) in [5, 5.41) is 0. The molecule has 0 saturated carbocycles. The molecular weight excluding hydrogens is 174 g/mol. The zero-order valence-corrected chi connectivity index (χ0v) is 8.14. The number of hydrogen-bond acceptors (Lipinski definition) is 2. The van der Waals surface area contributed by atoms with Gasteiger partial charge in [0.25, 0.3) is 0 Å². The van der Waals surface area contributed by atoms with Gasteiger partial charge in [-0.05, 0) is 17.7 Å². The molecule has 0 radical (unpaired) electrons. The Morgan fingerprint density at radius 2 is 2.36 bits per heavy atom. The molecule has 0 aliphatic carbocycles. The van der Waals surface area contributed by atoms with Crippen LogP contribution in [0.25, 0.3) is 17.1 Å². The van der Waals surface area contributed by atoms with E-state index in [1.807, 2.05) is 42.2 Å². The van der Waals surface area contributed by atoms with Crippen molar-refractivity contribution >= 4 is 17.1 Å². The number of imidazole rings is 1. The quantitative estimate of drug-likeness (QED) is 0.775. The van der Waals surface area contributed by atoms with Gasteiger partial charge in [-0.1, -0.05) is 18.2 Å². The van der Waals surface area contributed by atoms with E-state index in [-0.39, 0.29) is 0 Å². The number of benzene rings is 1. The van der Waals surface area contributed by atoms with Crippen molar-refractivity contribution in [1.29, 1.82) is 0 Å². The summed E-state index contributed by atoms with van der Waals surface area (Å²) in [7, 11) is 1.99. The monoisotopic (exact) mass is 187 g/mol. The van der Waals surface area contributed by atoms with Crippen molar-refractivity contribution in [3.8, 4) is 0 Å². The Kier molecular flexibility index (Phi) is 2.33. The summed E-state index contributed by atoms with van der Waals surface area (Å²) in [5.41, 5.74) is 8.72. The SMILES string of the molecule is Cn1cnc2ccc(/C=C/CN)cc21. The molecule has 2 rings (SSSR count).